The second-order valence-corrected chi connectivity index (χ2v) is 7.51. The van der Waals surface area contributed by atoms with Crippen molar-refractivity contribution in [1.82, 2.24) is 15.5 Å². The van der Waals surface area contributed by atoms with Crippen molar-refractivity contribution in [3.8, 4) is 0 Å². The highest BCUT2D eigenvalue weighted by atomic mass is 16.5. The van der Waals surface area contributed by atoms with Crippen molar-refractivity contribution in [1.29, 1.82) is 0 Å². The minimum absolute atomic E-state index is 0.0228. The number of fused-ring (bicyclic) bond motifs is 1. The fourth-order valence-corrected chi connectivity index (χ4v) is 4.36. The van der Waals surface area contributed by atoms with E-state index in [1.165, 1.54) is 19.3 Å². The number of pyridine rings is 1. The Morgan fingerprint density at radius 3 is 2.88 bits per heavy atom. The van der Waals surface area contributed by atoms with Crippen molar-refractivity contribution in [3.63, 3.8) is 0 Å². The number of rotatable bonds is 2. The van der Waals surface area contributed by atoms with Crippen LogP contribution in [0.4, 0.5) is 0 Å². The molecule has 0 unspecified atom stereocenters. The Labute approximate surface area is 147 Å². The highest BCUT2D eigenvalue weighted by molar-refractivity contribution is 6.06. The topological polar surface area (TPSA) is 77.2 Å². The van der Waals surface area contributed by atoms with Gasteiger partial charge in [-0.05, 0) is 45.6 Å². The molecule has 1 N–H and O–H groups in total. The third kappa shape index (κ3) is 3.15. The Morgan fingerprint density at radius 1 is 1.28 bits per heavy atom. The van der Waals surface area contributed by atoms with Crippen LogP contribution in [-0.2, 0) is 4.74 Å². The summed E-state index contributed by atoms with van der Waals surface area (Å²) in [5, 5.41) is 7.90. The van der Waals surface area contributed by atoms with Crippen LogP contribution in [-0.4, -0.2) is 34.3 Å². The maximum Gasteiger partial charge on any atom is 0.258 e. The zero-order valence-corrected chi connectivity index (χ0v) is 14.9. The van der Waals surface area contributed by atoms with Crippen LogP contribution in [0.15, 0.2) is 10.6 Å². The van der Waals surface area contributed by atoms with Crippen LogP contribution < -0.4 is 5.32 Å². The molecule has 2 aromatic rings. The van der Waals surface area contributed by atoms with Crippen molar-refractivity contribution in [2.75, 3.05) is 6.61 Å². The number of carbonyl (C=O) groups is 1. The summed E-state index contributed by atoms with van der Waals surface area (Å²) < 4.78 is 11.4. The van der Waals surface area contributed by atoms with Crippen molar-refractivity contribution in [2.45, 2.75) is 70.4 Å². The van der Waals surface area contributed by atoms with E-state index in [0.717, 1.165) is 38.0 Å². The van der Waals surface area contributed by atoms with Gasteiger partial charge in [-0.15, -0.1) is 0 Å². The molecule has 1 aliphatic heterocycles. The van der Waals surface area contributed by atoms with Crippen LogP contribution in [0.5, 0.6) is 0 Å². The van der Waals surface area contributed by atoms with E-state index in [4.69, 9.17) is 9.26 Å². The molecule has 1 aliphatic carbocycles. The van der Waals surface area contributed by atoms with Gasteiger partial charge in [-0.2, -0.15) is 0 Å². The lowest BCUT2D eigenvalue weighted by Gasteiger charge is -2.43. The Morgan fingerprint density at radius 2 is 2.08 bits per heavy atom. The van der Waals surface area contributed by atoms with E-state index in [1.807, 2.05) is 19.9 Å². The van der Waals surface area contributed by atoms with Gasteiger partial charge in [0.1, 0.15) is 0 Å². The third-order valence-electron chi connectivity index (χ3n) is 5.58. The van der Waals surface area contributed by atoms with Gasteiger partial charge in [-0.25, -0.2) is 4.98 Å². The van der Waals surface area contributed by atoms with Gasteiger partial charge in [-0.3, -0.25) is 4.79 Å². The highest BCUT2D eigenvalue weighted by Gasteiger charge is 2.39. The van der Waals surface area contributed by atoms with Crippen LogP contribution in [0.3, 0.4) is 0 Å². The van der Waals surface area contributed by atoms with Crippen molar-refractivity contribution in [2.24, 2.45) is 0 Å². The first-order chi connectivity index (χ1) is 12.1. The molecule has 6 heteroatoms. The molecule has 6 nitrogen and oxygen atoms in total. The van der Waals surface area contributed by atoms with E-state index < -0.39 is 0 Å². The van der Waals surface area contributed by atoms with Gasteiger partial charge in [0.2, 0.25) is 0 Å². The molecule has 1 saturated carbocycles. The number of amides is 1. The minimum Gasteiger partial charge on any atom is -0.375 e. The first-order valence-corrected chi connectivity index (χ1v) is 9.25. The maximum absolute atomic E-state index is 13.0. The molecule has 2 fully saturated rings. The second-order valence-electron chi connectivity index (χ2n) is 7.51. The number of ether oxygens (including phenoxy) is 1. The van der Waals surface area contributed by atoms with Crippen LogP contribution in [0.2, 0.25) is 0 Å². The Balaban J connectivity index is 1.55. The zero-order valence-electron chi connectivity index (χ0n) is 14.9. The lowest BCUT2D eigenvalue weighted by Crippen LogP contribution is -2.49. The minimum atomic E-state index is -0.0698. The quantitative estimate of drug-likeness (QED) is 0.903. The van der Waals surface area contributed by atoms with Crippen LogP contribution in [0, 0.1) is 13.8 Å². The van der Waals surface area contributed by atoms with E-state index >= 15 is 0 Å². The number of aryl methyl sites for hydroxylation is 2. The third-order valence-corrected chi connectivity index (χ3v) is 5.58. The summed E-state index contributed by atoms with van der Waals surface area (Å²) >= 11 is 0. The Hall–Kier alpha value is -1.95. The molecule has 4 rings (SSSR count). The molecule has 1 saturated heterocycles. The van der Waals surface area contributed by atoms with Gasteiger partial charge < -0.3 is 14.6 Å². The lowest BCUT2D eigenvalue weighted by atomic mass is 9.78. The standard InChI is InChI=1S/C19H25N3O3/c1-12-10-15(16-13(2)22-25-18(16)20-12)17(23)21-14-6-9-24-19(11-14)7-4-3-5-8-19/h10,14H,3-9,11H2,1-2H3,(H,21,23)/t14-/m1/s1. The van der Waals surface area contributed by atoms with Gasteiger partial charge in [-0.1, -0.05) is 24.4 Å². The molecular weight excluding hydrogens is 318 g/mol. The fourth-order valence-electron chi connectivity index (χ4n) is 4.36. The van der Waals surface area contributed by atoms with Gasteiger partial charge in [0.05, 0.1) is 22.2 Å². The summed E-state index contributed by atoms with van der Waals surface area (Å²) in [6.07, 6.45) is 7.75. The van der Waals surface area contributed by atoms with E-state index in [2.05, 4.69) is 15.5 Å². The fraction of sp³-hybridized carbons (Fsp3) is 0.632. The molecule has 2 aliphatic rings. The highest BCUT2D eigenvalue weighted by Crippen LogP contribution is 2.38. The van der Waals surface area contributed by atoms with Crippen LogP contribution >= 0.6 is 0 Å². The average molecular weight is 343 g/mol. The van der Waals surface area contributed by atoms with E-state index in [1.54, 1.807) is 0 Å². The van der Waals surface area contributed by atoms with Crippen molar-refractivity contribution >= 4 is 17.0 Å². The normalized spacial score (nSPS) is 23.0. The van der Waals surface area contributed by atoms with Crippen LogP contribution in [0.1, 0.15) is 66.7 Å². The van der Waals surface area contributed by atoms with Crippen LogP contribution in [0.25, 0.3) is 11.1 Å². The maximum atomic E-state index is 13.0. The molecule has 25 heavy (non-hydrogen) atoms. The number of nitrogens with zero attached hydrogens (tertiary/aromatic N) is 2. The molecule has 0 aromatic carbocycles. The van der Waals surface area contributed by atoms with Crippen molar-refractivity contribution < 1.29 is 14.1 Å². The zero-order chi connectivity index (χ0) is 17.4. The molecule has 0 radical (unpaired) electrons. The number of carbonyl (C=O) groups excluding carboxylic acids is 1. The predicted octanol–water partition coefficient (Wildman–Crippen LogP) is 3.45. The molecule has 134 valence electrons. The van der Waals surface area contributed by atoms with E-state index in [-0.39, 0.29) is 17.6 Å². The van der Waals surface area contributed by atoms with E-state index in [0.29, 0.717) is 22.4 Å². The molecule has 0 bridgehead atoms. The summed E-state index contributed by atoms with van der Waals surface area (Å²) in [7, 11) is 0. The first-order valence-electron chi connectivity index (χ1n) is 9.25. The Kier molecular flexibility index (Phi) is 4.23. The summed E-state index contributed by atoms with van der Waals surface area (Å²) in [5.74, 6) is -0.0698. The molecular formula is C19H25N3O3. The summed E-state index contributed by atoms with van der Waals surface area (Å²) in [6.45, 7) is 4.42. The number of hydrogen-bond donors (Lipinski definition) is 1. The van der Waals surface area contributed by atoms with Gasteiger partial charge in [0.15, 0.2) is 0 Å². The smallest absolute Gasteiger partial charge is 0.258 e. The average Bonchev–Trinajstić information content (AvgIpc) is 2.96. The molecule has 1 atom stereocenters. The first kappa shape index (κ1) is 16.5. The largest absolute Gasteiger partial charge is 0.375 e. The SMILES string of the molecule is Cc1cc(C(=O)N[C@@H]2CCOC3(CCCCC3)C2)c2c(C)noc2n1. The van der Waals surface area contributed by atoms with E-state index in [9.17, 15) is 4.79 Å². The molecule has 2 aromatic heterocycles. The second kappa shape index (κ2) is 6.41. The number of hydrogen-bond acceptors (Lipinski definition) is 5. The van der Waals surface area contributed by atoms with Gasteiger partial charge in [0.25, 0.3) is 11.6 Å². The summed E-state index contributed by atoms with van der Waals surface area (Å²) in [6, 6.07) is 1.97. The summed E-state index contributed by atoms with van der Waals surface area (Å²) in [4.78, 5) is 17.3. The molecule has 1 spiro atoms. The lowest BCUT2D eigenvalue weighted by molar-refractivity contribution is -0.107. The summed E-state index contributed by atoms with van der Waals surface area (Å²) in [5.41, 5.74) is 2.46. The Bertz CT molecular complexity index is 787. The van der Waals surface area contributed by atoms with Gasteiger partial charge >= 0.3 is 0 Å². The van der Waals surface area contributed by atoms with Crippen molar-refractivity contribution in [3.05, 3.63) is 23.0 Å². The number of nitrogens with one attached hydrogen (secondary N) is 1. The van der Waals surface area contributed by atoms with Gasteiger partial charge in [0, 0.05) is 18.3 Å². The predicted molar refractivity (Wildman–Crippen MR) is 93.5 cm³/mol. The molecule has 3 heterocycles. The molecule has 1 amide bonds. The number of aromatic nitrogens is 2. The monoisotopic (exact) mass is 343 g/mol.